The van der Waals surface area contributed by atoms with Crippen molar-refractivity contribution in [3.05, 3.63) is 22.3 Å². The Labute approximate surface area is 91.1 Å². The van der Waals surface area contributed by atoms with E-state index in [9.17, 15) is 0 Å². The maximum absolute atomic E-state index is 5.98. The molecule has 0 saturated heterocycles. The van der Waals surface area contributed by atoms with Crippen LogP contribution in [0.3, 0.4) is 0 Å². The van der Waals surface area contributed by atoms with E-state index >= 15 is 0 Å². The third-order valence-corrected chi connectivity index (χ3v) is 3.21. The first kappa shape index (κ1) is 9.68. The molecule has 2 aromatic heterocycles. The maximum Gasteiger partial charge on any atom is 0.192 e. The topological polar surface area (TPSA) is 41.6 Å². The van der Waals surface area contributed by atoms with Crippen molar-refractivity contribution in [3.8, 4) is 10.7 Å². The minimum absolute atomic E-state index is 0.356. The van der Waals surface area contributed by atoms with Crippen molar-refractivity contribution in [1.29, 1.82) is 0 Å². The number of hydrogen-bond donors (Lipinski definition) is 1. The maximum atomic E-state index is 5.98. The summed E-state index contributed by atoms with van der Waals surface area (Å²) < 4.78 is 0. The Kier molecular flexibility index (Phi) is 2.56. The highest BCUT2D eigenvalue weighted by Crippen LogP contribution is 2.30. The van der Waals surface area contributed by atoms with Gasteiger partial charge in [0.25, 0.3) is 0 Å². The van der Waals surface area contributed by atoms with Gasteiger partial charge in [-0.15, -0.1) is 11.3 Å². The van der Waals surface area contributed by atoms with Gasteiger partial charge in [-0.3, -0.25) is 5.10 Å². The van der Waals surface area contributed by atoms with Gasteiger partial charge in [0.15, 0.2) is 5.82 Å². The minimum Gasteiger partial charge on any atom is -0.262 e. The molecule has 0 bridgehead atoms. The molecule has 0 aliphatic rings. The highest BCUT2D eigenvalue weighted by Gasteiger charge is 2.12. The van der Waals surface area contributed by atoms with E-state index in [1.54, 1.807) is 11.3 Å². The van der Waals surface area contributed by atoms with E-state index < -0.39 is 0 Å². The van der Waals surface area contributed by atoms with Crippen LogP contribution in [0.15, 0.2) is 11.4 Å². The van der Waals surface area contributed by atoms with Crippen molar-refractivity contribution >= 4 is 22.9 Å². The monoisotopic (exact) mass is 227 g/mol. The van der Waals surface area contributed by atoms with Crippen LogP contribution in [0, 0.1) is 0 Å². The molecule has 0 spiro atoms. The first-order valence-electron chi connectivity index (χ1n) is 4.34. The lowest BCUT2D eigenvalue weighted by Gasteiger charge is -1.94. The SMILES string of the molecule is CC(C)c1nc(-c2sccc2Cl)n[nH]1. The van der Waals surface area contributed by atoms with Crippen LogP contribution in [-0.4, -0.2) is 15.2 Å². The summed E-state index contributed by atoms with van der Waals surface area (Å²) in [5, 5.41) is 9.68. The summed E-state index contributed by atoms with van der Waals surface area (Å²) in [5.74, 6) is 1.94. The average Bonchev–Trinajstić information content (AvgIpc) is 2.71. The molecule has 2 rings (SSSR count). The average molecular weight is 228 g/mol. The Morgan fingerprint density at radius 1 is 1.50 bits per heavy atom. The van der Waals surface area contributed by atoms with Gasteiger partial charge >= 0.3 is 0 Å². The van der Waals surface area contributed by atoms with Gasteiger partial charge in [-0.25, -0.2) is 4.98 Å². The lowest BCUT2D eigenvalue weighted by Crippen LogP contribution is -1.89. The van der Waals surface area contributed by atoms with E-state index in [4.69, 9.17) is 11.6 Å². The van der Waals surface area contributed by atoms with Crippen molar-refractivity contribution < 1.29 is 0 Å². The lowest BCUT2D eigenvalue weighted by atomic mass is 10.2. The Hall–Kier alpha value is -0.870. The van der Waals surface area contributed by atoms with E-state index in [1.807, 2.05) is 11.4 Å². The Morgan fingerprint density at radius 3 is 2.79 bits per heavy atom. The van der Waals surface area contributed by atoms with Crippen LogP contribution in [0.5, 0.6) is 0 Å². The molecule has 0 unspecified atom stereocenters. The number of hydrogen-bond acceptors (Lipinski definition) is 3. The zero-order chi connectivity index (χ0) is 10.1. The predicted molar refractivity (Wildman–Crippen MR) is 58.8 cm³/mol. The number of H-pyrrole nitrogens is 1. The van der Waals surface area contributed by atoms with Crippen molar-refractivity contribution in [3.63, 3.8) is 0 Å². The second-order valence-electron chi connectivity index (χ2n) is 3.30. The summed E-state index contributed by atoms with van der Waals surface area (Å²) in [4.78, 5) is 5.30. The van der Waals surface area contributed by atoms with Crippen LogP contribution in [0.1, 0.15) is 25.6 Å². The fourth-order valence-corrected chi connectivity index (χ4v) is 2.16. The predicted octanol–water partition coefficient (Wildman–Crippen LogP) is 3.31. The number of nitrogens with zero attached hydrogens (tertiary/aromatic N) is 2. The molecule has 0 fully saturated rings. The van der Waals surface area contributed by atoms with Crippen LogP contribution in [-0.2, 0) is 0 Å². The quantitative estimate of drug-likeness (QED) is 0.855. The lowest BCUT2D eigenvalue weighted by molar-refractivity contribution is 0.781. The van der Waals surface area contributed by atoms with E-state index in [2.05, 4.69) is 29.0 Å². The molecule has 2 aromatic rings. The number of rotatable bonds is 2. The molecule has 1 N–H and O–H groups in total. The zero-order valence-corrected chi connectivity index (χ0v) is 9.49. The van der Waals surface area contributed by atoms with Crippen molar-refractivity contribution in [2.45, 2.75) is 19.8 Å². The fraction of sp³-hybridized carbons (Fsp3) is 0.333. The first-order valence-corrected chi connectivity index (χ1v) is 5.60. The van der Waals surface area contributed by atoms with E-state index in [0.717, 1.165) is 10.7 Å². The summed E-state index contributed by atoms with van der Waals surface area (Å²) >= 11 is 7.53. The minimum atomic E-state index is 0.356. The third kappa shape index (κ3) is 1.67. The van der Waals surface area contributed by atoms with Gasteiger partial charge in [-0.05, 0) is 11.4 Å². The number of thiophene rings is 1. The summed E-state index contributed by atoms with van der Waals surface area (Å²) in [6.07, 6.45) is 0. The van der Waals surface area contributed by atoms with Crippen molar-refractivity contribution in [1.82, 2.24) is 15.2 Å². The third-order valence-electron chi connectivity index (χ3n) is 1.87. The van der Waals surface area contributed by atoms with Gasteiger partial charge < -0.3 is 0 Å². The molecular weight excluding hydrogens is 218 g/mol. The Bertz CT molecular complexity index is 433. The van der Waals surface area contributed by atoms with E-state index in [1.165, 1.54) is 0 Å². The molecule has 3 nitrogen and oxygen atoms in total. The number of aromatic amines is 1. The van der Waals surface area contributed by atoms with Crippen LogP contribution in [0.25, 0.3) is 10.7 Å². The summed E-state index contributed by atoms with van der Waals surface area (Å²) in [6, 6.07) is 1.85. The second-order valence-corrected chi connectivity index (χ2v) is 4.62. The van der Waals surface area contributed by atoms with Gasteiger partial charge in [-0.2, -0.15) is 5.10 Å². The summed E-state index contributed by atoms with van der Waals surface area (Å²) in [7, 11) is 0. The van der Waals surface area contributed by atoms with Gasteiger partial charge in [-0.1, -0.05) is 25.4 Å². The molecule has 0 aliphatic heterocycles. The molecule has 0 aliphatic carbocycles. The van der Waals surface area contributed by atoms with Crippen LogP contribution in [0.4, 0.5) is 0 Å². The number of aromatic nitrogens is 3. The molecule has 0 radical (unpaired) electrons. The smallest absolute Gasteiger partial charge is 0.192 e. The van der Waals surface area contributed by atoms with Gasteiger partial charge in [0.1, 0.15) is 5.82 Å². The van der Waals surface area contributed by atoms with Gasteiger partial charge in [0.2, 0.25) is 0 Å². The molecule has 74 valence electrons. The van der Waals surface area contributed by atoms with Gasteiger partial charge in [0, 0.05) is 5.92 Å². The molecule has 2 heterocycles. The standard InChI is InChI=1S/C9H10ClN3S/c1-5(2)8-11-9(13-12-8)7-6(10)3-4-14-7/h3-5H,1-2H3,(H,11,12,13). The van der Waals surface area contributed by atoms with Crippen molar-refractivity contribution in [2.24, 2.45) is 0 Å². The molecule has 14 heavy (non-hydrogen) atoms. The molecular formula is C9H10ClN3S. The van der Waals surface area contributed by atoms with Crippen LogP contribution < -0.4 is 0 Å². The second kappa shape index (κ2) is 3.71. The molecule has 0 amide bonds. The summed E-state index contributed by atoms with van der Waals surface area (Å²) in [6.45, 7) is 4.14. The molecule has 0 aromatic carbocycles. The number of nitrogens with one attached hydrogen (secondary N) is 1. The van der Waals surface area contributed by atoms with Crippen LogP contribution >= 0.6 is 22.9 Å². The zero-order valence-electron chi connectivity index (χ0n) is 7.91. The van der Waals surface area contributed by atoms with Crippen molar-refractivity contribution in [2.75, 3.05) is 0 Å². The molecule has 5 heteroatoms. The highest BCUT2D eigenvalue weighted by atomic mass is 35.5. The van der Waals surface area contributed by atoms with Crippen LogP contribution in [0.2, 0.25) is 5.02 Å². The summed E-state index contributed by atoms with van der Waals surface area (Å²) in [5.41, 5.74) is 0. The van der Waals surface area contributed by atoms with E-state index in [-0.39, 0.29) is 0 Å². The van der Waals surface area contributed by atoms with E-state index in [0.29, 0.717) is 16.8 Å². The fourth-order valence-electron chi connectivity index (χ4n) is 1.09. The normalized spacial score (nSPS) is 11.1. The highest BCUT2D eigenvalue weighted by molar-refractivity contribution is 7.14. The Morgan fingerprint density at radius 2 is 2.29 bits per heavy atom. The largest absolute Gasteiger partial charge is 0.262 e. The number of halogens is 1. The molecule has 0 saturated carbocycles. The molecule has 0 atom stereocenters. The van der Waals surface area contributed by atoms with Gasteiger partial charge in [0.05, 0.1) is 9.90 Å². The Balaban J connectivity index is 2.39. The first-order chi connectivity index (χ1) is 6.68.